The van der Waals surface area contributed by atoms with E-state index in [4.69, 9.17) is 9.47 Å². The van der Waals surface area contributed by atoms with Gasteiger partial charge in [-0.1, -0.05) is 26.0 Å². The second-order valence-electron chi connectivity index (χ2n) is 6.46. The number of aliphatic imine (C=N–C) groups is 1. The Hall–Kier alpha value is -1.79. The van der Waals surface area contributed by atoms with Gasteiger partial charge >= 0.3 is 0 Å². The number of rotatable bonds is 11. The molecule has 2 unspecified atom stereocenters. The molecule has 0 radical (unpaired) electrons. The molecule has 0 bridgehead atoms. The molecule has 26 heavy (non-hydrogen) atoms. The molecule has 0 amide bonds. The fourth-order valence-corrected chi connectivity index (χ4v) is 2.61. The number of ether oxygens (including phenoxy) is 2. The molecule has 0 aliphatic carbocycles. The van der Waals surface area contributed by atoms with Crippen LogP contribution < -0.4 is 15.4 Å². The maximum atomic E-state index is 10.3. The molecule has 0 spiro atoms. The summed E-state index contributed by atoms with van der Waals surface area (Å²) in [5.74, 6) is 1.96. The van der Waals surface area contributed by atoms with Crippen LogP contribution in [-0.4, -0.2) is 50.5 Å². The third kappa shape index (κ3) is 8.06. The molecule has 0 aliphatic rings. The Bertz CT molecular complexity index is 518. The second kappa shape index (κ2) is 12.5. The highest BCUT2D eigenvalue weighted by Gasteiger charge is 2.13. The van der Waals surface area contributed by atoms with Gasteiger partial charge in [-0.15, -0.1) is 0 Å². The highest BCUT2D eigenvalue weighted by atomic mass is 16.5. The minimum absolute atomic E-state index is 0.236. The van der Waals surface area contributed by atoms with Gasteiger partial charge in [0.2, 0.25) is 0 Å². The largest absolute Gasteiger partial charge is 0.497 e. The second-order valence-corrected chi connectivity index (χ2v) is 6.46. The first-order valence-corrected chi connectivity index (χ1v) is 9.47. The van der Waals surface area contributed by atoms with Crippen molar-refractivity contribution in [1.82, 2.24) is 10.6 Å². The minimum atomic E-state index is -0.650. The summed E-state index contributed by atoms with van der Waals surface area (Å²) in [7, 11) is 1.62. The SMILES string of the molecule is CCNC(=NCC(O)c1ccc(OC)cc1)NCCC(OCC)C(C)C. The molecule has 1 aromatic rings. The van der Waals surface area contributed by atoms with Gasteiger partial charge in [-0.25, -0.2) is 0 Å². The predicted molar refractivity (Wildman–Crippen MR) is 107 cm³/mol. The van der Waals surface area contributed by atoms with Gasteiger partial charge in [0, 0.05) is 19.7 Å². The Labute approximate surface area is 158 Å². The van der Waals surface area contributed by atoms with E-state index >= 15 is 0 Å². The van der Waals surface area contributed by atoms with Gasteiger partial charge in [-0.2, -0.15) is 0 Å². The maximum absolute atomic E-state index is 10.3. The number of aliphatic hydroxyl groups is 1. The lowest BCUT2D eigenvalue weighted by molar-refractivity contribution is 0.0258. The molecule has 6 heteroatoms. The van der Waals surface area contributed by atoms with E-state index in [9.17, 15) is 5.11 Å². The normalized spacial score (nSPS) is 14.2. The molecule has 0 fully saturated rings. The Morgan fingerprint density at radius 3 is 2.38 bits per heavy atom. The predicted octanol–water partition coefficient (Wildman–Crippen LogP) is 2.73. The number of guanidine groups is 1. The molecular weight excluding hydrogens is 330 g/mol. The van der Waals surface area contributed by atoms with E-state index in [2.05, 4.69) is 29.5 Å². The molecule has 2 atom stereocenters. The monoisotopic (exact) mass is 365 g/mol. The van der Waals surface area contributed by atoms with Gasteiger partial charge in [0.05, 0.1) is 25.9 Å². The van der Waals surface area contributed by atoms with Crippen LogP contribution in [-0.2, 0) is 4.74 Å². The van der Waals surface area contributed by atoms with Crippen molar-refractivity contribution in [3.05, 3.63) is 29.8 Å². The van der Waals surface area contributed by atoms with Crippen molar-refractivity contribution in [1.29, 1.82) is 0 Å². The van der Waals surface area contributed by atoms with Crippen molar-refractivity contribution < 1.29 is 14.6 Å². The van der Waals surface area contributed by atoms with Crippen molar-refractivity contribution in [2.45, 2.75) is 46.3 Å². The van der Waals surface area contributed by atoms with E-state index in [0.29, 0.717) is 18.4 Å². The van der Waals surface area contributed by atoms with E-state index in [0.717, 1.165) is 37.4 Å². The summed E-state index contributed by atoms with van der Waals surface area (Å²) in [6.45, 7) is 10.9. The zero-order chi connectivity index (χ0) is 19.4. The smallest absolute Gasteiger partial charge is 0.191 e. The molecule has 0 heterocycles. The van der Waals surface area contributed by atoms with Crippen LogP contribution in [0.4, 0.5) is 0 Å². The zero-order valence-corrected chi connectivity index (χ0v) is 16.8. The van der Waals surface area contributed by atoms with Crippen molar-refractivity contribution in [2.24, 2.45) is 10.9 Å². The van der Waals surface area contributed by atoms with Crippen molar-refractivity contribution in [3.63, 3.8) is 0 Å². The van der Waals surface area contributed by atoms with E-state index in [1.54, 1.807) is 7.11 Å². The Balaban J connectivity index is 2.55. The van der Waals surface area contributed by atoms with E-state index in [1.165, 1.54) is 0 Å². The summed E-state index contributed by atoms with van der Waals surface area (Å²) in [5, 5.41) is 16.9. The molecule has 6 nitrogen and oxygen atoms in total. The average molecular weight is 366 g/mol. The van der Waals surface area contributed by atoms with Gasteiger partial charge in [0.15, 0.2) is 5.96 Å². The third-order valence-corrected chi connectivity index (χ3v) is 4.11. The van der Waals surface area contributed by atoms with Gasteiger partial charge in [-0.3, -0.25) is 4.99 Å². The molecular formula is C20H35N3O3. The van der Waals surface area contributed by atoms with Crippen LogP contribution in [0, 0.1) is 5.92 Å². The van der Waals surface area contributed by atoms with Crippen molar-refractivity contribution in [3.8, 4) is 5.75 Å². The van der Waals surface area contributed by atoms with E-state index in [1.807, 2.05) is 38.1 Å². The molecule has 0 saturated carbocycles. The first-order chi connectivity index (χ1) is 12.5. The summed E-state index contributed by atoms with van der Waals surface area (Å²) in [6, 6.07) is 7.39. The standard InChI is InChI=1S/C20H35N3O3/c1-6-21-20(22-13-12-19(15(3)4)26-7-2)23-14-18(24)16-8-10-17(25-5)11-9-16/h8-11,15,18-19,24H,6-7,12-14H2,1-5H3,(H2,21,22,23). The van der Waals surface area contributed by atoms with Gasteiger partial charge in [0.25, 0.3) is 0 Å². The third-order valence-electron chi connectivity index (χ3n) is 4.11. The van der Waals surface area contributed by atoms with Crippen LogP contribution >= 0.6 is 0 Å². The molecule has 148 valence electrons. The van der Waals surface area contributed by atoms with Crippen molar-refractivity contribution in [2.75, 3.05) is 33.4 Å². The minimum Gasteiger partial charge on any atom is -0.497 e. The van der Waals surface area contributed by atoms with Crippen LogP contribution in [0.3, 0.4) is 0 Å². The molecule has 1 aromatic carbocycles. The van der Waals surface area contributed by atoms with Crippen LogP contribution in [0.1, 0.15) is 45.8 Å². The lowest BCUT2D eigenvalue weighted by atomic mass is 10.0. The van der Waals surface area contributed by atoms with Crippen LogP contribution in [0.15, 0.2) is 29.3 Å². The maximum Gasteiger partial charge on any atom is 0.191 e. The van der Waals surface area contributed by atoms with Gasteiger partial charge in [0.1, 0.15) is 5.75 Å². The summed E-state index contributed by atoms with van der Waals surface area (Å²) < 4.78 is 10.9. The van der Waals surface area contributed by atoms with E-state index < -0.39 is 6.10 Å². The van der Waals surface area contributed by atoms with Crippen molar-refractivity contribution >= 4 is 5.96 Å². The van der Waals surface area contributed by atoms with Crippen LogP contribution in [0.25, 0.3) is 0 Å². The zero-order valence-electron chi connectivity index (χ0n) is 16.8. The summed E-state index contributed by atoms with van der Waals surface area (Å²) >= 11 is 0. The number of benzene rings is 1. The summed E-state index contributed by atoms with van der Waals surface area (Å²) in [4.78, 5) is 4.49. The molecule has 3 N–H and O–H groups in total. The number of hydrogen-bond donors (Lipinski definition) is 3. The first-order valence-electron chi connectivity index (χ1n) is 9.47. The number of nitrogens with zero attached hydrogens (tertiary/aromatic N) is 1. The summed E-state index contributed by atoms with van der Waals surface area (Å²) in [5.41, 5.74) is 0.821. The Morgan fingerprint density at radius 1 is 1.15 bits per heavy atom. The van der Waals surface area contributed by atoms with Gasteiger partial charge < -0.3 is 25.2 Å². The highest BCUT2D eigenvalue weighted by Crippen LogP contribution is 2.17. The Morgan fingerprint density at radius 2 is 1.85 bits per heavy atom. The molecule has 0 aliphatic heterocycles. The number of methoxy groups -OCH3 is 1. The topological polar surface area (TPSA) is 75.1 Å². The fourth-order valence-electron chi connectivity index (χ4n) is 2.61. The van der Waals surface area contributed by atoms with Crippen LogP contribution in [0.5, 0.6) is 5.75 Å². The molecule has 0 saturated heterocycles. The summed E-state index contributed by atoms with van der Waals surface area (Å²) in [6.07, 6.45) is 0.500. The number of hydrogen-bond acceptors (Lipinski definition) is 4. The highest BCUT2D eigenvalue weighted by molar-refractivity contribution is 5.79. The fraction of sp³-hybridized carbons (Fsp3) is 0.650. The lowest BCUT2D eigenvalue weighted by Crippen LogP contribution is -2.39. The average Bonchev–Trinajstić information content (AvgIpc) is 2.65. The van der Waals surface area contributed by atoms with E-state index in [-0.39, 0.29) is 6.10 Å². The Kier molecular flexibility index (Phi) is 10.7. The number of nitrogens with one attached hydrogen (secondary N) is 2. The number of aliphatic hydroxyl groups excluding tert-OH is 1. The lowest BCUT2D eigenvalue weighted by Gasteiger charge is -2.21. The van der Waals surface area contributed by atoms with Gasteiger partial charge in [-0.05, 0) is 43.9 Å². The quantitative estimate of drug-likeness (QED) is 0.415. The first kappa shape index (κ1) is 22.3. The van der Waals surface area contributed by atoms with Crippen LogP contribution in [0.2, 0.25) is 0 Å². The molecule has 0 aromatic heterocycles. The molecule has 1 rings (SSSR count).